The molecular weight excluding hydrogens is 264 g/mol. The molecule has 1 aliphatic rings. The second kappa shape index (κ2) is 6.51. The first kappa shape index (κ1) is 13.8. The Morgan fingerprint density at radius 2 is 2.15 bits per heavy atom. The molecule has 106 valence electrons. The molecule has 2 nitrogen and oxygen atoms in total. The van der Waals surface area contributed by atoms with E-state index in [1.807, 2.05) is 17.5 Å². The third-order valence-corrected chi connectivity index (χ3v) is 5.15. The maximum atomic E-state index is 4.50. The Hall–Kier alpha value is -1.19. The third kappa shape index (κ3) is 3.28. The number of aryl methyl sites for hydroxylation is 1. The van der Waals surface area contributed by atoms with Gasteiger partial charge in [-0.15, -0.1) is 11.3 Å². The molecule has 20 heavy (non-hydrogen) atoms. The molecule has 3 heteroatoms. The minimum absolute atomic E-state index is 0.501. The van der Waals surface area contributed by atoms with Gasteiger partial charge in [-0.1, -0.05) is 25.0 Å². The molecule has 2 aromatic rings. The van der Waals surface area contributed by atoms with Crippen LogP contribution in [0.25, 0.3) is 0 Å². The van der Waals surface area contributed by atoms with E-state index >= 15 is 0 Å². The number of rotatable bonds is 5. The van der Waals surface area contributed by atoms with Crippen molar-refractivity contribution in [1.29, 1.82) is 0 Å². The van der Waals surface area contributed by atoms with E-state index in [1.165, 1.54) is 36.1 Å². The maximum absolute atomic E-state index is 4.50. The van der Waals surface area contributed by atoms with Crippen molar-refractivity contribution in [3.05, 3.63) is 52.0 Å². The molecule has 0 amide bonds. The van der Waals surface area contributed by atoms with Crippen molar-refractivity contribution >= 4 is 11.3 Å². The van der Waals surface area contributed by atoms with Crippen LogP contribution in [-0.4, -0.2) is 4.98 Å². The molecule has 3 rings (SSSR count). The number of nitrogens with one attached hydrogen (secondary N) is 1. The van der Waals surface area contributed by atoms with Gasteiger partial charge in [0.05, 0.1) is 5.69 Å². The van der Waals surface area contributed by atoms with Crippen molar-refractivity contribution in [2.45, 2.75) is 45.2 Å². The Morgan fingerprint density at radius 1 is 1.30 bits per heavy atom. The largest absolute Gasteiger partial charge is 0.303 e. The van der Waals surface area contributed by atoms with Crippen molar-refractivity contribution in [3.63, 3.8) is 0 Å². The molecule has 2 heterocycles. The van der Waals surface area contributed by atoms with Gasteiger partial charge >= 0.3 is 0 Å². The Balaban J connectivity index is 1.68. The van der Waals surface area contributed by atoms with Gasteiger partial charge in [0.15, 0.2) is 0 Å². The highest BCUT2D eigenvalue weighted by molar-refractivity contribution is 7.10. The zero-order valence-corrected chi connectivity index (χ0v) is 12.8. The molecule has 1 N–H and O–H groups in total. The van der Waals surface area contributed by atoms with Crippen LogP contribution >= 0.6 is 11.3 Å². The molecular formula is C17H22N2S. The van der Waals surface area contributed by atoms with Crippen LogP contribution in [0, 0.1) is 12.8 Å². The second-order valence-corrected chi connectivity index (χ2v) is 6.72. The quantitative estimate of drug-likeness (QED) is 0.877. The van der Waals surface area contributed by atoms with Gasteiger partial charge in [-0.25, -0.2) is 0 Å². The van der Waals surface area contributed by atoms with Crippen molar-refractivity contribution < 1.29 is 0 Å². The molecule has 2 aromatic heterocycles. The predicted octanol–water partition coefficient (Wildman–Crippen LogP) is 4.47. The number of hydrogen-bond acceptors (Lipinski definition) is 3. The van der Waals surface area contributed by atoms with Crippen LogP contribution in [0.2, 0.25) is 0 Å². The summed E-state index contributed by atoms with van der Waals surface area (Å²) in [5.41, 5.74) is 2.36. The summed E-state index contributed by atoms with van der Waals surface area (Å²) in [5.74, 6) is 0.791. The van der Waals surface area contributed by atoms with E-state index < -0.39 is 0 Å². The molecule has 1 unspecified atom stereocenters. The van der Waals surface area contributed by atoms with Crippen LogP contribution in [0.3, 0.4) is 0 Å². The lowest BCUT2D eigenvalue weighted by atomic mass is 9.96. The fourth-order valence-corrected chi connectivity index (χ4v) is 3.97. The lowest BCUT2D eigenvalue weighted by Crippen LogP contribution is -2.26. The van der Waals surface area contributed by atoms with Gasteiger partial charge in [0.1, 0.15) is 0 Å². The van der Waals surface area contributed by atoms with Crippen molar-refractivity contribution in [3.8, 4) is 0 Å². The maximum Gasteiger partial charge on any atom is 0.0542 e. The molecule has 0 bridgehead atoms. The molecule has 0 saturated heterocycles. The third-order valence-electron chi connectivity index (χ3n) is 4.20. The number of hydrogen-bond donors (Lipinski definition) is 1. The SMILES string of the molecule is Cc1ccc(CNC(c2cccs2)C2CCCC2)nc1. The fourth-order valence-electron chi connectivity index (χ4n) is 3.08. The monoisotopic (exact) mass is 286 g/mol. The van der Waals surface area contributed by atoms with Gasteiger partial charge in [0.25, 0.3) is 0 Å². The minimum Gasteiger partial charge on any atom is -0.303 e. The molecule has 1 fully saturated rings. The van der Waals surface area contributed by atoms with Gasteiger partial charge in [0, 0.05) is 23.7 Å². The Bertz CT molecular complexity index is 512. The van der Waals surface area contributed by atoms with E-state index in [1.54, 1.807) is 0 Å². The van der Waals surface area contributed by atoms with Crippen LogP contribution in [0.4, 0.5) is 0 Å². The first-order chi connectivity index (χ1) is 9.83. The summed E-state index contributed by atoms with van der Waals surface area (Å²) in [5, 5.41) is 5.93. The van der Waals surface area contributed by atoms with Crippen molar-refractivity contribution in [2.24, 2.45) is 5.92 Å². The topological polar surface area (TPSA) is 24.9 Å². The minimum atomic E-state index is 0.501. The molecule has 1 aliphatic carbocycles. The van der Waals surface area contributed by atoms with Crippen LogP contribution in [0.5, 0.6) is 0 Å². The highest BCUT2D eigenvalue weighted by atomic mass is 32.1. The summed E-state index contributed by atoms with van der Waals surface area (Å²) >= 11 is 1.87. The first-order valence-electron chi connectivity index (χ1n) is 7.51. The van der Waals surface area contributed by atoms with Gasteiger partial charge in [-0.2, -0.15) is 0 Å². The van der Waals surface area contributed by atoms with E-state index in [-0.39, 0.29) is 0 Å². The van der Waals surface area contributed by atoms with Crippen LogP contribution < -0.4 is 5.32 Å². The van der Waals surface area contributed by atoms with E-state index in [4.69, 9.17) is 0 Å². The van der Waals surface area contributed by atoms with E-state index in [9.17, 15) is 0 Å². The highest BCUT2D eigenvalue weighted by Crippen LogP contribution is 2.37. The standard InChI is InChI=1S/C17H22N2S/c1-13-8-9-15(18-11-13)12-19-17(14-5-2-3-6-14)16-7-4-10-20-16/h4,7-11,14,17,19H,2-3,5-6,12H2,1H3. The summed E-state index contributed by atoms with van der Waals surface area (Å²) in [6.07, 6.45) is 7.44. The summed E-state index contributed by atoms with van der Waals surface area (Å²) < 4.78 is 0. The Kier molecular flexibility index (Phi) is 4.48. The normalized spacial score (nSPS) is 17.4. The van der Waals surface area contributed by atoms with Crippen molar-refractivity contribution in [2.75, 3.05) is 0 Å². The van der Waals surface area contributed by atoms with Crippen LogP contribution in [0.1, 0.15) is 47.9 Å². The number of pyridine rings is 1. The predicted molar refractivity (Wildman–Crippen MR) is 84.8 cm³/mol. The summed E-state index contributed by atoms with van der Waals surface area (Å²) in [6.45, 7) is 2.94. The molecule has 0 aromatic carbocycles. The van der Waals surface area contributed by atoms with Gasteiger partial charge in [-0.05, 0) is 48.8 Å². The average molecular weight is 286 g/mol. The van der Waals surface area contributed by atoms with Crippen LogP contribution in [-0.2, 0) is 6.54 Å². The first-order valence-corrected chi connectivity index (χ1v) is 8.39. The van der Waals surface area contributed by atoms with Crippen molar-refractivity contribution in [1.82, 2.24) is 10.3 Å². The highest BCUT2D eigenvalue weighted by Gasteiger charge is 2.26. The molecule has 1 atom stereocenters. The van der Waals surface area contributed by atoms with Crippen LogP contribution in [0.15, 0.2) is 35.8 Å². The van der Waals surface area contributed by atoms with Gasteiger partial charge in [-0.3, -0.25) is 4.98 Å². The number of nitrogens with zero attached hydrogens (tertiary/aromatic N) is 1. The fraction of sp³-hybridized carbons (Fsp3) is 0.471. The van der Waals surface area contributed by atoms with E-state index in [0.717, 1.165) is 18.2 Å². The smallest absolute Gasteiger partial charge is 0.0542 e. The second-order valence-electron chi connectivity index (χ2n) is 5.75. The zero-order chi connectivity index (χ0) is 13.8. The Labute approximate surface area is 125 Å². The molecule has 0 aliphatic heterocycles. The van der Waals surface area contributed by atoms with Gasteiger partial charge in [0.2, 0.25) is 0 Å². The zero-order valence-electron chi connectivity index (χ0n) is 12.0. The summed E-state index contributed by atoms with van der Waals surface area (Å²) in [7, 11) is 0. The van der Waals surface area contributed by atoms with E-state index in [2.05, 4.69) is 46.9 Å². The Morgan fingerprint density at radius 3 is 2.80 bits per heavy atom. The molecule has 0 radical (unpaired) electrons. The molecule has 0 spiro atoms. The number of aromatic nitrogens is 1. The molecule has 1 saturated carbocycles. The summed E-state index contributed by atoms with van der Waals surface area (Å²) in [6, 6.07) is 9.19. The average Bonchev–Trinajstić information content (AvgIpc) is 3.14. The van der Waals surface area contributed by atoms with E-state index in [0.29, 0.717) is 6.04 Å². The van der Waals surface area contributed by atoms with Gasteiger partial charge < -0.3 is 5.32 Å². The lowest BCUT2D eigenvalue weighted by molar-refractivity contribution is 0.369. The number of thiophene rings is 1. The summed E-state index contributed by atoms with van der Waals surface area (Å²) in [4.78, 5) is 5.98. The lowest BCUT2D eigenvalue weighted by Gasteiger charge is -2.23.